The number of amides is 1. The number of nitriles is 1. The zero-order valence-electron chi connectivity index (χ0n) is 24.5. The Hall–Kier alpha value is -3.98. The van der Waals surface area contributed by atoms with E-state index in [1.54, 1.807) is 11.1 Å². The molecule has 2 aliphatic rings. The summed E-state index contributed by atoms with van der Waals surface area (Å²) in [6, 6.07) is 2.88. The van der Waals surface area contributed by atoms with Crippen LogP contribution in [0.15, 0.2) is 40.8 Å². The van der Waals surface area contributed by atoms with Crippen LogP contribution in [0.2, 0.25) is 15.1 Å². The van der Waals surface area contributed by atoms with Crippen LogP contribution in [0.3, 0.4) is 0 Å². The van der Waals surface area contributed by atoms with Gasteiger partial charge in [-0.1, -0.05) is 68.2 Å². The van der Waals surface area contributed by atoms with Crippen LogP contribution >= 0.6 is 34.8 Å². The summed E-state index contributed by atoms with van der Waals surface area (Å²) in [6.45, 7) is 10.5. The van der Waals surface area contributed by atoms with Crippen LogP contribution in [0.25, 0.3) is 22.3 Å². The molecular weight excluding hydrogens is 647 g/mol. The Morgan fingerprint density at radius 1 is 1.18 bits per heavy atom. The molecule has 4 heterocycles. The van der Waals surface area contributed by atoms with Crippen molar-refractivity contribution in [1.29, 1.82) is 5.26 Å². The van der Waals surface area contributed by atoms with Crippen LogP contribution in [-0.4, -0.2) is 52.2 Å². The molecule has 0 spiro atoms. The van der Waals surface area contributed by atoms with Crippen molar-refractivity contribution in [3.8, 4) is 17.3 Å². The van der Waals surface area contributed by atoms with Crippen LogP contribution in [-0.2, 0) is 4.79 Å². The third-order valence-corrected chi connectivity index (χ3v) is 9.12. The fraction of sp³-hybridized carbons (Fsp3) is 0.323. The zero-order valence-corrected chi connectivity index (χ0v) is 26.8. The average Bonchev–Trinajstić information content (AvgIpc) is 3.02. The largest absolute Gasteiger partial charge is 0.397 e. The van der Waals surface area contributed by atoms with E-state index in [2.05, 4.69) is 17.6 Å². The lowest BCUT2D eigenvalue weighted by Gasteiger charge is -2.37. The second-order valence-electron chi connectivity index (χ2n) is 11.1. The summed E-state index contributed by atoms with van der Waals surface area (Å²) in [7, 11) is 0. The Morgan fingerprint density at radius 2 is 1.84 bits per heavy atom. The van der Waals surface area contributed by atoms with Crippen molar-refractivity contribution in [2.24, 2.45) is 16.8 Å². The second kappa shape index (κ2) is 12.4. The highest BCUT2D eigenvalue weighted by Gasteiger charge is 2.35. The number of pyridine rings is 2. The highest BCUT2D eigenvalue weighted by molar-refractivity contribution is 6.38. The molecule has 234 valence electrons. The topological polar surface area (TPSA) is 121 Å². The highest BCUT2D eigenvalue weighted by Crippen LogP contribution is 2.44. The summed E-state index contributed by atoms with van der Waals surface area (Å²) < 4.78 is 31.4. The maximum atomic E-state index is 15.6. The first kappa shape index (κ1) is 32.4. The van der Waals surface area contributed by atoms with Crippen molar-refractivity contribution >= 4 is 68.8 Å². The molecule has 45 heavy (non-hydrogen) atoms. The van der Waals surface area contributed by atoms with Crippen molar-refractivity contribution in [3.63, 3.8) is 0 Å². The number of rotatable bonds is 5. The van der Waals surface area contributed by atoms with E-state index in [4.69, 9.17) is 45.5 Å². The van der Waals surface area contributed by atoms with Crippen molar-refractivity contribution in [3.05, 3.63) is 73.6 Å². The molecule has 2 aliphatic heterocycles. The smallest absolute Gasteiger partial charge is 0.272 e. The molecule has 0 radical (unpaired) electrons. The second-order valence-corrected chi connectivity index (χ2v) is 12.3. The van der Waals surface area contributed by atoms with Crippen LogP contribution in [0, 0.1) is 34.8 Å². The highest BCUT2D eigenvalue weighted by atomic mass is 35.5. The van der Waals surface area contributed by atoms with E-state index in [1.807, 2.05) is 31.7 Å². The van der Waals surface area contributed by atoms with E-state index in [0.29, 0.717) is 24.2 Å². The molecule has 1 fully saturated rings. The average molecular weight is 675 g/mol. The lowest BCUT2D eigenvalue weighted by atomic mass is 9.88. The van der Waals surface area contributed by atoms with Gasteiger partial charge < -0.3 is 15.5 Å². The van der Waals surface area contributed by atoms with Gasteiger partial charge in [-0.15, -0.1) is 0 Å². The van der Waals surface area contributed by atoms with Gasteiger partial charge in [0.15, 0.2) is 11.6 Å². The fourth-order valence-electron chi connectivity index (χ4n) is 5.89. The number of aromatic nitrogens is 2. The number of carbonyl (C=O) groups is 1. The molecule has 2 N–H and O–H groups in total. The standard InChI is InChI=1S/C31H28Cl3F2N7O2/c1-5-19(44)41-8-10-42(11-9-41)29-16-12-18(32)27(20-23(35)21(33)24(36)22(34)25(20)38)40-30(16)43(31(45)17(29)13-37)28-15(4)6-7-39-26(28)14(2)3/h5-7,12,14-15,28H,1,8-11,38H2,2-4H3/t15-,28?/m1/s1. The first-order valence-corrected chi connectivity index (χ1v) is 15.2. The van der Waals surface area contributed by atoms with E-state index >= 15 is 4.39 Å². The van der Waals surface area contributed by atoms with Gasteiger partial charge >= 0.3 is 0 Å². The zero-order chi connectivity index (χ0) is 32.9. The number of fused-ring (bicyclic) bond motifs is 1. The normalized spacial score (nSPS) is 18.4. The number of nitrogens with two attached hydrogens (primary N) is 1. The lowest BCUT2D eigenvalue weighted by Crippen LogP contribution is -2.49. The van der Waals surface area contributed by atoms with Gasteiger partial charge in [0.05, 0.1) is 33.7 Å². The maximum Gasteiger partial charge on any atom is 0.272 e. The first-order chi connectivity index (χ1) is 21.3. The Kier molecular flexibility index (Phi) is 8.95. The summed E-state index contributed by atoms with van der Waals surface area (Å²) in [4.78, 5) is 39.4. The number of benzene rings is 1. The summed E-state index contributed by atoms with van der Waals surface area (Å²) in [5.41, 5.74) is 5.14. The van der Waals surface area contributed by atoms with E-state index in [1.165, 1.54) is 16.7 Å². The molecule has 1 unspecified atom stereocenters. The van der Waals surface area contributed by atoms with Gasteiger partial charge in [-0.2, -0.15) is 5.26 Å². The molecule has 5 rings (SSSR count). The minimum atomic E-state index is -1.23. The van der Waals surface area contributed by atoms with Crippen molar-refractivity contribution in [1.82, 2.24) is 14.5 Å². The number of anilines is 2. The number of allylic oxidation sites excluding steroid dienone is 1. The predicted octanol–water partition coefficient (Wildman–Crippen LogP) is 6.39. The number of piperazine rings is 1. The fourth-order valence-corrected chi connectivity index (χ4v) is 6.56. The summed E-state index contributed by atoms with van der Waals surface area (Å²) in [5.74, 6) is -3.06. The summed E-state index contributed by atoms with van der Waals surface area (Å²) in [6.07, 6.45) is 4.73. The summed E-state index contributed by atoms with van der Waals surface area (Å²) in [5, 5.41) is 9.10. The van der Waals surface area contributed by atoms with E-state index in [9.17, 15) is 19.2 Å². The molecule has 1 amide bonds. The van der Waals surface area contributed by atoms with Gasteiger partial charge in [0.2, 0.25) is 5.91 Å². The minimum absolute atomic E-state index is 0.0638. The van der Waals surface area contributed by atoms with Crippen molar-refractivity contribution < 1.29 is 13.6 Å². The Labute approximate surface area is 272 Å². The summed E-state index contributed by atoms with van der Waals surface area (Å²) >= 11 is 18.7. The molecule has 1 aromatic carbocycles. The Bertz CT molecular complexity index is 1900. The lowest BCUT2D eigenvalue weighted by molar-refractivity contribution is -0.126. The molecule has 0 bridgehead atoms. The van der Waals surface area contributed by atoms with E-state index < -0.39 is 44.5 Å². The minimum Gasteiger partial charge on any atom is -0.397 e. The number of hydrogen-bond acceptors (Lipinski definition) is 7. The number of hydrogen-bond donors (Lipinski definition) is 1. The van der Waals surface area contributed by atoms with Crippen LogP contribution in [0.4, 0.5) is 20.2 Å². The van der Waals surface area contributed by atoms with Crippen LogP contribution in [0.1, 0.15) is 32.4 Å². The predicted molar refractivity (Wildman–Crippen MR) is 174 cm³/mol. The third-order valence-electron chi connectivity index (χ3n) is 8.13. The third kappa shape index (κ3) is 5.35. The number of halogens is 5. The Morgan fingerprint density at radius 3 is 2.44 bits per heavy atom. The van der Waals surface area contributed by atoms with Crippen molar-refractivity contribution in [2.45, 2.75) is 26.8 Å². The molecule has 1 saturated heterocycles. The number of nitrogens with zero attached hydrogens (tertiary/aromatic N) is 6. The molecule has 2 aromatic heterocycles. The maximum absolute atomic E-state index is 15.6. The SMILES string of the molecule is C=CC(=O)N1CCN(c2c(C#N)c(=O)n(C3C(C(C)C)=NC=C[C@H]3C)c3nc(-c4c(N)c(Cl)c(F)c(Cl)c4F)c(Cl)cc23)CC1. The Balaban J connectivity index is 1.88. The molecule has 0 saturated carbocycles. The van der Waals surface area contributed by atoms with Gasteiger partial charge in [-0.05, 0) is 18.1 Å². The molecular formula is C31H28Cl3F2N7O2. The molecule has 2 atom stereocenters. The monoisotopic (exact) mass is 673 g/mol. The van der Waals surface area contributed by atoms with Gasteiger partial charge in [-0.25, -0.2) is 13.8 Å². The number of carbonyl (C=O) groups excluding carboxylic acids is 1. The van der Waals surface area contributed by atoms with Crippen LogP contribution in [0.5, 0.6) is 0 Å². The van der Waals surface area contributed by atoms with E-state index in [-0.39, 0.29) is 58.4 Å². The quantitative estimate of drug-likeness (QED) is 0.145. The number of nitrogen functional groups attached to an aromatic ring is 1. The van der Waals surface area contributed by atoms with Gasteiger partial charge in [0, 0.05) is 49.4 Å². The van der Waals surface area contributed by atoms with E-state index in [0.717, 1.165) is 0 Å². The van der Waals surface area contributed by atoms with Crippen molar-refractivity contribution in [2.75, 3.05) is 36.8 Å². The molecule has 0 aliphatic carbocycles. The molecule has 9 nitrogen and oxygen atoms in total. The van der Waals surface area contributed by atoms with Gasteiger partial charge in [-0.3, -0.25) is 19.1 Å². The molecule has 14 heteroatoms. The van der Waals surface area contributed by atoms with Crippen LogP contribution < -0.4 is 16.2 Å². The first-order valence-electron chi connectivity index (χ1n) is 14.0. The van der Waals surface area contributed by atoms with Gasteiger partial charge in [0.1, 0.15) is 27.3 Å². The number of aliphatic imine (C=N–C) groups is 1. The van der Waals surface area contributed by atoms with Gasteiger partial charge in [0.25, 0.3) is 5.56 Å². The molecule has 3 aromatic rings.